The number of carbonyl (C=O) groups is 2. The van der Waals surface area contributed by atoms with Crippen LogP contribution in [0.1, 0.15) is 27.0 Å². The van der Waals surface area contributed by atoms with Crippen LogP contribution in [0.2, 0.25) is 0 Å². The van der Waals surface area contributed by atoms with Gasteiger partial charge in [0, 0.05) is 18.8 Å². The third-order valence-electron chi connectivity index (χ3n) is 5.54. The molecule has 1 N–H and O–H groups in total. The van der Waals surface area contributed by atoms with Crippen molar-refractivity contribution in [2.75, 3.05) is 18.1 Å². The highest BCUT2D eigenvalue weighted by Crippen LogP contribution is 2.27. The zero-order chi connectivity index (χ0) is 23.4. The van der Waals surface area contributed by atoms with E-state index in [1.165, 1.54) is 12.1 Å². The van der Waals surface area contributed by atoms with Crippen LogP contribution in [0, 0.1) is 6.92 Å². The van der Waals surface area contributed by atoms with Gasteiger partial charge >= 0.3 is 5.97 Å². The Balaban J connectivity index is 1.42. The van der Waals surface area contributed by atoms with Gasteiger partial charge in [0.05, 0.1) is 10.5 Å². The maximum absolute atomic E-state index is 12.8. The van der Waals surface area contributed by atoms with Gasteiger partial charge < -0.3 is 9.64 Å². The van der Waals surface area contributed by atoms with Gasteiger partial charge in [-0.05, 0) is 48.2 Å². The summed E-state index contributed by atoms with van der Waals surface area (Å²) in [6.07, 6.45) is 0.755. The molecule has 0 fully saturated rings. The predicted octanol–water partition coefficient (Wildman–Crippen LogP) is 3.22. The van der Waals surface area contributed by atoms with E-state index in [0.717, 1.165) is 23.2 Å². The molecule has 0 unspecified atom stereocenters. The molecule has 1 amide bonds. The molecule has 8 heteroatoms. The lowest BCUT2D eigenvalue weighted by molar-refractivity contribution is -0.121. The number of ether oxygens (including phenoxy) is 1. The molecule has 170 valence electrons. The Morgan fingerprint density at radius 1 is 1.00 bits per heavy atom. The number of amides is 1. The number of hydrogen-bond donors (Lipinski definition) is 1. The number of para-hydroxylation sites is 1. The second kappa shape index (κ2) is 9.56. The Morgan fingerprint density at radius 3 is 2.52 bits per heavy atom. The highest BCUT2D eigenvalue weighted by molar-refractivity contribution is 7.89. The summed E-state index contributed by atoms with van der Waals surface area (Å²) >= 11 is 0. The molecule has 3 aromatic carbocycles. The van der Waals surface area contributed by atoms with Gasteiger partial charge in [-0.15, -0.1) is 0 Å². The van der Waals surface area contributed by atoms with E-state index in [1.54, 1.807) is 17.9 Å². The van der Waals surface area contributed by atoms with E-state index in [9.17, 15) is 18.0 Å². The topological polar surface area (TPSA) is 92.8 Å². The van der Waals surface area contributed by atoms with Gasteiger partial charge in [-0.1, -0.05) is 54.6 Å². The number of sulfonamides is 1. The Morgan fingerprint density at radius 2 is 1.73 bits per heavy atom. The molecular weight excluding hydrogens is 440 g/mol. The number of carbonyl (C=O) groups excluding carboxylic acids is 2. The minimum atomic E-state index is -3.86. The minimum Gasteiger partial charge on any atom is -0.452 e. The Kier molecular flexibility index (Phi) is 6.57. The molecular formula is C25H24N2O5S. The summed E-state index contributed by atoms with van der Waals surface area (Å²) in [6, 6.07) is 21.1. The maximum Gasteiger partial charge on any atom is 0.338 e. The van der Waals surface area contributed by atoms with Crippen molar-refractivity contribution in [1.29, 1.82) is 0 Å². The summed E-state index contributed by atoms with van der Waals surface area (Å²) in [5.74, 6) is -1.08. The van der Waals surface area contributed by atoms with Crippen LogP contribution in [-0.4, -0.2) is 33.4 Å². The predicted molar refractivity (Wildman–Crippen MR) is 124 cm³/mol. The fraction of sp³-hybridized carbons (Fsp3) is 0.200. The number of hydrogen-bond acceptors (Lipinski definition) is 5. The van der Waals surface area contributed by atoms with E-state index in [0.29, 0.717) is 12.1 Å². The molecule has 1 aliphatic heterocycles. The van der Waals surface area contributed by atoms with Gasteiger partial charge in [0.25, 0.3) is 5.91 Å². The van der Waals surface area contributed by atoms with Crippen molar-refractivity contribution in [1.82, 2.24) is 4.72 Å². The zero-order valence-corrected chi connectivity index (χ0v) is 19.0. The van der Waals surface area contributed by atoms with Gasteiger partial charge in [-0.25, -0.2) is 17.9 Å². The molecule has 0 spiro atoms. The maximum atomic E-state index is 12.8. The number of anilines is 1. The molecule has 0 bridgehead atoms. The second-order valence-corrected chi connectivity index (χ2v) is 9.53. The highest BCUT2D eigenvalue weighted by atomic mass is 32.2. The first kappa shape index (κ1) is 22.7. The smallest absolute Gasteiger partial charge is 0.338 e. The minimum absolute atomic E-state index is 0.00678. The van der Waals surface area contributed by atoms with E-state index in [4.69, 9.17) is 4.74 Å². The lowest BCUT2D eigenvalue weighted by Crippen LogP contribution is -2.33. The summed E-state index contributed by atoms with van der Waals surface area (Å²) in [5, 5.41) is 0. The number of benzene rings is 3. The van der Waals surface area contributed by atoms with Crippen molar-refractivity contribution in [3.05, 3.63) is 95.1 Å². The fourth-order valence-electron chi connectivity index (χ4n) is 3.75. The number of nitrogens with zero attached hydrogens (tertiary/aromatic N) is 1. The molecule has 7 nitrogen and oxygen atoms in total. The SMILES string of the molecule is Cc1ccc(C(=O)OCC(=O)N2CCc3ccccc32)cc1S(=O)(=O)NCc1ccccc1. The molecule has 0 aromatic heterocycles. The van der Waals surface area contributed by atoms with Crippen LogP contribution >= 0.6 is 0 Å². The van der Waals surface area contributed by atoms with Gasteiger partial charge in [-0.3, -0.25) is 4.79 Å². The van der Waals surface area contributed by atoms with Gasteiger partial charge in [0.1, 0.15) is 0 Å². The van der Waals surface area contributed by atoms with Crippen molar-refractivity contribution in [2.45, 2.75) is 24.8 Å². The average Bonchev–Trinajstić information content (AvgIpc) is 3.26. The third-order valence-corrected chi connectivity index (χ3v) is 7.08. The normalized spacial score (nSPS) is 12.9. The lowest BCUT2D eigenvalue weighted by atomic mass is 10.1. The van der Waals surface area contributed by atoms with E-state index >= 15 is 0 Å². The van der Waals surface area contributed by atoms with Gasteiger partial charge in [-0.2, -0.15) is 0 Å². The van der Waals surface area contributed by atoms with Gasteiger partial charge in [0.15, 0.2) is 6.61 Å². The summed E-state index contributed by atoms with van der Waals surface area (Å²) in [5.41, 5.74) is 3.28. The fourth-order valence-corrected chi connectivity index (χ4v) is 5.04. The van der Waals surface area contributed by atoms with Crippen LogP contribution in [0.5, 0.6) is 0 Å². The summed E-state index contributed by atoms with van der Waals surface area (Å²) in [4.78, 5) is 26.7. The Labute approximate surface area is 193 Å². The molecule has 0 radical (unpaired) electrons. The molecule has 3 aromatic rings. The van der Waals surface area contributed by atoms with Gasteiger partial charge in [0.2, 0.25) is 10.0 Å². The number of aryl methyl sites for hydroxylation is 1. The van der Waals surface area contributed by atoms with Crippen molar-refractivity contribution in [3.8, 4) is 0 Å². The summed E-state index contributed by atoms with van der Waals surface area (Å²) < 4.78 is 33.4. The van der Waals surface area contributed by atoms with Crippen molar-refractivity contribution in [3.63, 3.8) is 0 Å². The largest absolute Gasteiger partial charge is 0.452 e. The van der Waals surface area contributed by atoms with Crippen LogP contribution in [0.3, 0.4) is 0 Å². The van der Waals surface area contributed by atoms with E-state index in [2.05, 4.69) is 4.72 Å². The average molecular weight is 465 g/mol. The first-order valence-corrected chi connectivity index (χ1v) is 12.0. The molecule has 0 saturated carbocycles. The monoisotopic (exact) mass is 464 g/mol. The number of nitrogens with one attached hydrogen (secondary N) is 1. The third kappa shape index (κ3) is 5.13. The molecule has 0 saturated heterocycles. The Bertz CT molecular complexity index is 1290. The van der Waals surface area contributed by atoms with Crippen LogP contribution in [-0.2, 0) is 32.5 Å². The van der Waals surface area contributed by atoms with E-state index in [1.807, 2.05) is 54.6 Å². The first-order valence-electron chi connectivity index (χ1n) is 10.5. The van der Waals surface area contributed by atoms with Crippen molar-refractivity contribution < 1.29 is 22.7 Å². The van der Waals surface area contributed by atoms with Crippen LogP contribution in [0.25, 0.3) is 0 Å². The van der Waals surface area contributed by atoms with E-state index < -0.39 is 22.6 Å². The first-order chi connectivity index (χ1) is 15.8. The summed E-state index contributed by atoms with van der Waals surface area (Å²) in [6.45, 7) is 1.90. The van der Waals surface area contributed by atoms with Crippen LogP contribution in [0.4, 0.5) is 5.69 Å². The number of rotatable bonds is 7. The lowest BCUT2D eigenvalue weighted by Gasteiger charge is -2.17. The molecule has 0 atom stereocenters. The quantitative estimate of drug-likeness (QED) is 0.542. The molecule has 4 rings (SSSR count). The van der Waals surface area contributed by atoms with Crippen molar-refractivity contribution in [2.24, 2.45) is 0 Å². The molecule has 33 heavy (non-hydrogen) atoms. The Hall–Kier alpha value is -3.49. The zero-order valence-electron chi connectivity index (χ0n) is 18.2. The standard InChI is InChI=1S/C25H24N2O5S/c1-18-11-12-21(15-23(18)33(30,31)26-16-19-7-3-2-4-8-19)25(29)32-17-24(28)27-14-13-20-9-5-6-10-22(20)27/h2-12,15,26H,13-14,16-17H2,1H3. The van der Waals surface area contributed by atoms with Crippen LogP contribution < -0.4 is 9.62 Å². The summed E-state index contributed by atoms with van der Waals surface area (Å²) in [7, 11) is -3.86. The highest BCUT2D eigenvalue weighted by Gasteiger charge is 2.25. The molecule has 1 heterocycles. The number of fused-ring (bicyclic) bond motifs is 1. The second-order valence-electron chi connectivity index (χ2n) is 7.79. The molecule has 1 aliphatic rings. The van der Waals surface area contributed by atoms with Crippen molar-refractivity contribution >= 4 is 27.6 Å². The number of esters is 1. The van der Waals surface area contributed by atoms with E-state index in [-0.39, 0.29) is 22.9 Å². The molecule has 0 aliphatic carbocycles. The van der Waals surface area contributed by atoms with Crippen LogP contribution in [0.15, 0.2) is 77.7 Å².